The summed E-state index contributed by atoms with van der Waals surface area (Å²) < 4.78 is 5.52. The van der Waals surface area contributed by atoms with Gasteiger partial charge in [0.15, 0.2) is 0 Å². The number of nitrogens with two attached hydrogens (primary N) is 1. The van der Waals surface area contributed by atoms with Gasteiger partial charge in [-0.15, -0.1) is 0 Å². The van der Waals surface area contributed by atoms with E-state index in [9.17, 15) is 4.79 Å². The Labute approximate surface area is 115 Å². The molecule has 106 valence electrons. The van der Waals surface area contributed by atoms with Gasteiger partial charge >= 0.3 is 0 Å². The van der Waals surface area contributed by atoms with Crippen LogP contribution in [-0.2, 0) is 4.79 Å². The maximum absolute atomic E-state index is 11.6. The molecule has 0 spiro atoms. The molecule has 4 heteroatoms. The third-order valence-electron chi connectivity index (χ3n) is 2.81. The summed E-state index contributed by atoms with van der Waals surface area (Å²) in [6, 6.07) is 7.84. The molecule has 0 aromatic heterocycles. The van der Waals surface area contributed by atoms with Gasteiger partial charge in [0, 0.05) is 12.6 Å². The van der Waals surface area contributed by atoms with E-state index in [1.54, 1.807) is 0 Å². The molecule has 19 heavy (non-hydrogen) atoms. The van der Waals surface area contributed by atoms with Gasteiger partial charge in [-0.05, 0) is 31.0 Å². The van der Waals surface area contributed by atoms with Crippen LogP contribution in [0.2, 0.25) is 0 Å². The minimum absolute atomic E-state index is 0.0146. The van der Waals surface area contributed by atoms with E-state index in [0.29, 0.717) is 19.6 Å². The van der Waals surface area contributed by atoms with Crippen molar-refractivity contribution in [1.29, 1.82) is 0 Å². The van der Waals surface area contributed by atoms with Crippen LogP contribution in [0.25, 0.3) is 0 Å². The fourth-order valence-corrected chi connectivity index (χ4v) is 1.77. The molecule has 1 unspecified atom stereocenters. The average molecular weight is 264 g/mol. The summed E-state index contributed by atoms with van der Waals surface area (Å²) in [5, 5.41) is 2.82. The van der Waals surface area contributed by atoms with Crippen molar-refractivity contribution >= 4 is 5.91 Å². The van der Waals surface area contributed by atoms with Gasteiger partial charge in [0.05, 0.1) is 13.0 Å². The molecule has 0 saturated heterocycles. The topological polar surface area (TPSA) is 64.3 Å². The molecule has 1 amide bonds. The lowest BCUT2D eigenvalue weighted by molar-refractivity contribution is -0.121. The lowest BCUT2D eigenvalue weighted by Gasteiger charge is -2.12. The Morgan fingerprint density at radius 1 is 1.47 bits per heavy atom. The average Bonchev–Trinajstić information content (AvgIpc) is 2.37. The summed E-state index contributed by atoms with van der Waals surface area (Å²) in [6.07, 6.45) is 2.32. The van der Waals surface area contributed by atoms with E-state index in [4.69, 9.17) is 10.5 Å². The molecule has 1 atom stereocenters. The van der Waals surface area contributed by atoms with Gasteiger partial charge in [0.25, 0.3) is 0 Å². The predicted octanol–water partition coefficient (Wildman–Crippen LogP) is 2.01. The molecule has 3 N–H and O–H groups in total. The predicted molar refractivity (Wildman–Crippen MR) is 77.2 cm³/mol. The minimum atomic E-state index is -0.0146. The summed E-state index contributed by atoms with van der Waals surface area (Å²) in [5.41, 5.74) is 6.97. The Balaban J connectivity index is 2.17. The molecule has 1 aromatic rings. The molecule has 4 nitrogen and oxygen atoms in total. The highest BCUT2D eigenvalue weighted by Crippen LogP contribution is 2.12. The highest BCUT2D eigenvalue weighted by atomic mass is 16.5. The molecule has 1 aromatic carbocycles. The molecule has 0 saturated carbocycles. The molecule has 0 radical (unpaired) electrons. The van der Waals surface area contributed by atoms with Crippen molar-refractivity contribution in [2.24, 2.45) is 5.73 Å². The maximum Gasteiger partial charge on any atom is 0.223 e. The van der Waals surface area contributed by atoms with Gasteiger partial charge in [-0.3, -0.25) is 4.79 Å². The van der Waals surface area contributed by atoms with E-state index in [-0.39, 0.29) is 11.9 Å². The van der Waals surface area contributed by atoms with Crippen LogP contribution in [-0.4, -0.2) is 25.1 Å². The number of carbonyl (C=O) groups excluding carboxylic acids is 1. The third kappa shape index (κ3) is 6.82. The highest BCUT2D eigenvalue weighted by molar-refractivity contribution is 5.76. The first kappa shape index (κ1) is 15.5. The molecule has 0 aliphatic carbocycles. The summed E-state index contributed by atoms with van der Waals surface area (Å²) >= 11 is 0. The van der Waals surface area contributed by atoms with Gasteiger partial charge in [-0.2, -0.15) is 0 Å². The van der Waals surface area contributed by atoms with Crippen molar-refractivity contribution in [1.82, 2.24) is 5.32 Å². The Kier molecular flexibility index (Phi) is 6.97. The second kappa shape index (κ2) is 8.53. The molecular formula is C15H24N2O2. The molecule has 0 heterocycles. The Bertz CT molecular complexity index is 393. The van der Waals surface area contributed by atoms with Gasteiger partial charge in [-0.1, -0.05) is 25.5 Å². The van der Waals surface area contributed by atoms with Crippen LogP contribution in [0.15, 0.2) is 24.3 Å². The van der Waals surface area contributed by atoms with Gasteiger partial charge in [0.2, 0.25) is 5.91 Å². The van der Waals surface area contributed by atoms with E-state index < -0.39 is 0 Å². The number of carbonyl (C=O) groups is 1. The molecule has 0 aliphatic heterocycles. The smallest absolute Gasteiger partial charge is 0.223 e. The molecule has 0 fully saturated rings. The lowest BCUT2D eigenvalue weighted by Crippen LogP contribution is -2.37. The Morgan fingerprint density at radius 2 is 2.26 bits per heavy atom. The monoisotopic (exact) mass is 264 g/mol. The second-order valence-electron chi connectivity index (χ2n) is 4.77. The van der Waals surface area contributed by atoms with Crippen LogP contribution in [0.3, 0.4) is 0 Å². The van der Waals surface area contributed by atoms with Gasteiger partial charge < -0.3 is 15.8 Å². The van der Waals surface area contributed by atoms with Crippen molar-refractivity contribution < 1.29 is 9.53 Å². The number of aryl methyl sites for hydroxylation is 1. The fraction of sp³-hybridized carbons (Fsp3) is 0.533. The third-order valence-corrected chi connectivity index (χ3v) is 2.81. The normalized spacial score (nSPS) is 11.9. The van der Waals surface area contributed by atoms with Crippen molar-refractivity contribution in [2.75, 3.05) is 13.2 Å². The second-order valence-corrected chi connectivity index (χ2v) is 4.77. The number of amides is 1. The minimum Gasteiger partial charge on any atom is -0.493 e. The zero-order valence-electron chi connectivity index (χ0n) is 11.8. The number of rotatable bonds is 8. The van der Waals surface area contributed by atoms with E-state index >= 15 is 0 Å². The number of ether oxygens (including phenoxy) is 1. The zero-order chi connectivity index (χ0) is 14.1. The summed E-state index contributed by atoms with van der Waals surface area (Å²) in [4.78, 5) is 11.6. The first-order valence-electron chi connectivity index (χ1n) is 6.83. The lowest BCUT2D eigenvalue weighted by atomic mass is 10.2. The molecular weight excluding hydrogens is 240 g/mol. The molecule has 0 aliphatic rings. The number of benzene rings is 1. The number of hydrogen-bond donors (Lipinski definition) is 2. The van der Waals surface area contributed by atoms with E-state index in [1.165, 1.54) is 0 Å². The van der Waals surface area contributed by atoms with Crippen molar-refractivity contribution in [3.63, 3.8) is 0 Å². The first-order valence-corrected chi connectivity index (χ1v) is 6.83. The molecule has 1 rings (SSSR count). The van der Waals surface area contributed by atoms with Crippen LogP contribution in [0.4, 0.5) is 0 Å². The van der Waals surface area contributed by atoms with Crippen LogP contribution in [0.5, 0.6) is 5.75 Å². The van der Waals surface area contributed by atoms with Crippen molar-refractivity contribution in [3.8, 4) is 5.75 Å². The maximum atomic E-state index is 11.6. The fourth-order valence-electron chi connectivity index (χ4n) is 1.77. The zero-order valence-corrected chi connectivity index (χ0v) is 11.8. The van der Waals surface area contributed by atoms with Crippen LogP contribution in [0.1, 0.15) is 31.7 Å². The molecule has 0 bridgehead atoms. The van der Waals surface area contributed by atoms with E-state index in [2.05, 4.69) is 12.2 Å². The first-order chi connectivity index (χ1) is 9.11. The summed E-state index contributed by atoms with van der Waals surface area (Å²) in [5.74, 6) is 0.787. The van der Waals surface area contributed by atoms with Crippen LogP contribution < -0.4 is 15.8 Å². The van der Waals surface area contributed by atoms with E-state index in [0.717, 1.165) is 24.2 Å². The largest absolute Gasteiger partial charge is 0.493 e. The van der Waals surface area contributed by atoms with Crippen molar-refractivity contribution in [2.45, 2.75) is 39.2 Å². The van der Waals surface area contributed by atoms with Crippen LogP contribution in [0, 0.1) is 6.92 Å². The summed E-state index contributed by atoms with van der Waals surface area (Å²) in [6.45, 7) is 5.02. The Hall–Kier alpha value is -1.55. The van der Waals surface area contributed by atoms with E-state index in [1.807, 2.05) is 31.2 Å². The van der Waals surface area contributed by atoms with Gasteiger partial charge in [-0.25, -0.2) is 0 Å². The van der Waals surface area contributed by atoms with Gasteiger partial charge in [0.1, 0.15) is 5.75 Å². The summed E-state index contributed by atoms with van der Waals surface area (Å²) in [7, 11) is 0. The Morgan fingerprint density at radius 3 is 2.95 bits per heavy atom. The number of hydrogen-bond acceptors (Lipinski definition) is 3. The standard InChI is InChI=1S/C15H24N2O2/c1-3-5-13(16)11-17-15(18)8-9-19-14-7-4-6-12(2)10-14/h4,6-7,10,13H,3,5,8-9,11,16H2,1-2H3,(H,17,18). The highest BCUT2D eigenvalue weighted by Gasteiger charge is 2.05. The number of nitrogens with one attached hydrogen (secondary N) is 1. The SMILES string of the molecule is CCCC(N)CNC(=O)CCOc1cccc(C)c1. The van der Waals surface area contributed by atoms with Crippen molar-refractivity contribution in [3.05, 3.63) is 29.8 Å². The quantitative estimate of drug-likeness (QED) is 0.755. The van der Waals surface area contributed by atoms with Crippen LogP contribution >= 0.6 is 0 Å².